The Hall–Kier alpha value is -0.870. The number of likely N-dealkylation sites (tertiary alicyclic amines) is 2. The summed E-state index contributed by atoms with van der Waals surface area (Å²) in [6.07, 6.45) is 12.8. The molecule has 0 unspecified atom stereocenters. The number of hydrogen-bond donors (Lipinski definition) is 0. The third-order valence-electron chi connectivity index (χ3n) is 9.24. The molecule has 3 aliphatic heterocycles. The van der Waals surface area contributed by atoms with E-state index in [2.05, 4.69) is 23.3 Å². The van der Waals surface area contributed by atoms with E-state index in [0.29, 0.717) is 17.3 Å². The van der Waals surface area contributed by atoms with Gasteiger partial charge in [-0.15, -0.1) is 0 Å². The van der Waals surface area contributed by atoms with Crippen LogP contribution < -0.4 is 0 Å². The van der Waals surface area contributed by atoms with Gasteiger partial charge in [-0.2, -0.15) is 0 Å². The number of rotatable bonds is 3. The molecule has 29 heavy (non-hydrogen) atoms. The predicted molar refractivity (Wildman–Crippen MR) is 116 cm³/mol. The van der Waals surface area contributed by atoms with Crippen LogP contribution in [0.3, 0.4) is 0 Å². The van der Waals surface area contributed by atoms with Crippen LogP contribution in [0.2, 0.25) is 0 Å². The molecular weight excluding hydrogens is 360 g/mol. The van der Waals surface area contributed by atoms with E-state index in [1.165, 1.54) is 70.0 Å². The molecule has 4 heteroatoms. The first-order valence-corrected chi connectivity index (χ1v) is 12.4. The van der Waals surface area contributed by atoms with Gasteiger partial charge in [0.15, 0.2) is 0 Å². The molecule has 0 aromatic rings. The predicted octanol–water partition coefficient (Wildman–Crippen LogP) is 4.25. The van der Waals surface area contributed by atoms with E-state index in [4.69, 9.17) is 4.74 Å². The van der Waals surface area contributed by atoms with Crippen molar-refractivity contribution in [3.05, 3.63) is 12.2 Å². The second-order valence-electron chi connectivity index (χ2n) is 11.0. The maximum absolute atomic E-state index is 12.8. The molecule has 2 saturated carbocycles. The minimum absolute atomic E-state index is 0.0887. The zero-order valence-electron chi connectivity index (χ0n) is 18.4. The highest BCUT2D eigenvalue weighted by atomic mass is 16.6. The largest absolute Gasteiger partial charge is 0.462 e. The summed E-state index contributed by atoms with van der Waals surface area (Å²) in [5.74, 6) is 1.19. The number of ether oxygens (including phenoxy) is 1. The Morgan fingerprint density at radius 2 is 1.86 bits per heavy atom. The van der Waals surface area contributed by atoms with E-state index in [-0.39, 0.29) is 18.0 Å². The Morgan fingerprint density at radius 3 is 2.62 bits per heavy atom. The lowest BCUT2D eigenvalue weighted by molar-refractivity contribution is -0.146. The fraction of sp³-hybridized carbons (Fsp3) is 0.880. The van der Waals surface area contributed by atoms with E-state index in [1.54, 1.807) is 0 Å². The Kier molecular flexibility index (Phi) is 5.53. The lowest BCUT2D eigenvalue weighted by Crippen LogP contribution is -2.49. The van der Waals surface area contributed by atoms with Crippen LogP contribution in [0, 0.1) is 23.2 Å². The molecule has 2 aliphatic carbocycles. The number of nitrogens with zero attached hydrogens (tertiary/aromatic N) is 2. The average Bonchev–Trinajstić information content (AvgIpc) is 3.01. The molecule has 5 atom stereocenters. The SMILES string of the molecule is C=C1CCC[C@]2(C)C[C@H]3OC(=O)[C@H](CN4CCC(N5CCCCC5)CC4)[C@H]3C[C@@H]12. The molecular formula is C25H40N2O2. The molecule has 0 bridgehead atoms. The van der Waals surface area contributed by atoms with E-state index in [0.717, 1.165) is 38.5 Å². The normalized spacial score (nSPS) is 42.4. The van der Waals surface area contributed by atoms with Gasteiger partial charge in [-0.05, 0) is 95.3 Å². The van der Waals surface area contributed by atoms with Gasteiger partial charge in [0.1, 0.15) is 6.10 Å². The fourth-order valence-corrected chi connectivity index (χ4v) is 7.49. The molecule has 4 nitrogen and oxygen atoms in total. The topological polar surface area (TPSA) is 32.8 Å². The number of allylic oxidation sites excluding steroid dienone is 1. The van der Waals surface area contributed by atoms with Gasteiger partial charge in [-0.25, -0.2) is 0 Å². The summed E-state index contributed by atoms with van der Waals surface area (Å²) in [5, 5.41) is 0. The van der Waals surface area contributed by atoms with Gasteiger partial charge in [-0.3, -0.25) is 4.79 Å². The van der Waals surface area contributed by atoms with Crippen LogP contribution >= 0.6 is 0 Å². The Labute approximate surface area is 177 Å². The van der Waals surface area contributed by atoms with Crippen LogP contribution in [0.25, 0.3) is 0 Å². The highest BCUT2D eigenvalue weighted by Crippen LogP contribution is 2.57. The molecule has 0 radical (unpaired) electrons. The molecule has 0 N–H and O–H groups in total. The van der Waals surface area contributed by atoms with Gasteiger partial charge in [-0.1, -0.05) is 25.5 Å². The number of piperidine rings is 2. The zero-order chi connectivity index (χ0) is 20.0. The number of carbonyl (C=O) groups excluding carboxylic acids is 1. The van der Waals surface area contributed by atoms with Gasteiger partial charge in [0.25, 0.3) is 0 Å². The highest BCUT2D eigenvalue weighted by molar-refractivity contribution is 5.75. The van der Waals surface area contributed by atoms with E-state index in [1.807, 2.05) is 0 Å². The standard InChI is InChI=1S/C25H40N2O2/c1-18-7-6-10-25(2)16-23-20(15-22(18)25)21(24(28)29-23)17-26-13-8-19(9-14-26)27-11-4-3-5-12-27/h19-23H,1,3-17H2,2H3/t20-,21-,22+,23-,25-/m1/s1. The summed E-state index contributed by atoms with van der Waals surface area (Å²) in [5.41, 5.74) is 1.75. The molecule has 3 saturated heterocycles. The van der Waals surface area contributed by atoms with E-state index < -0.39 is 0 Å². The minimum atomic E-state index is 0.0887. The van der Waals surface area contributed by atoms with Gasteiger partial charge in [0.2, 0.25) is 0 Å². The van der Waals surface area contributed by atoms with Gasteiger partial charge < -0.3 is 14.5 Å². The first-order valence-electron chi connectivity index (χ1n) is 12.4. The van der Waals surface area contributed by atoms with Gasteiger partial charge in [0.05, 0.1) is 5.92 Å². The van der Waals surface area contributed by atoms with Crippen molar-refractivity contribution in [3.63, 3.8) is 0 Å². The molecule has 5 aliphatic rings. The smallest absolute Gasteiger partial charge is 0.310 e. The third kappa shape index (κ3) is 3.80. The molecule has 0 amide bonds. The Balaban J connectivity index is 1.20. The lowest BCUT2D eigenvalue weighted by Gasteiger charge is -2.50. The van der Waals surface area contributed by atoms with Crippen LogP contribution in [0.5, 0.6) is 0 Å². The number of fused-ring (bicyclic) bond motifs is 2. The van der Waals surface area contributed by atoms with E-state index >= 15 is 0 Å². The maximum Gasteiger partial charge on any atom is 0.310 e. The molecule has 0 aromatic heterocycles. The first-order chi connectivity index (χ1) is 14.0. The van der Waals surface area contributed by atoms with Crippen LogP contribution in [0.1, 0.15) is 71.1 Å². The third-order valence-corrected chi connectivity index (χ3v) is 9.24. The second kappa shape index (κ2) is 8.00. The molecule has 5 rings (SSSR count). The summed E-state index contributed by atoms with van der Waals surface area (Å²) >= 11 is 0. The highest BCUT2D eigenvalue weighted by Gasteiger charge is 2.55. The quantitative estimate of drug-likeness (QED) is 0.524. The van der Waals surface area contributed by atoms with Crippen molar-refractivity contribution in [3.8, 4) is 0 Å². The van der Waals surface area contributed by atoms with Crippen molar-refractivity contribution in [1.29, 1.82) is 0 Å². The van der Waals surface area contributed by atoms with Crippen LogP contribution in [-0.2, 0) is 9.53 Å². The Morgan fingerprint density at radius 1 is 1.10 bits per heavy atom. The summed E-state index contributed by atoms with van der Waals surface area (Å²) < 4.78 is 5.98. The van der Waals surface area contributed by atoms with Crippen molar-refractivity contribution in [2.24, 2.45) is 23.2 Å². The average molecular weight is 401 g/mol. The number of esters is 1. The van der Waals surface area contributed by atoms with Crippen molar-refractivity contribution >= 4 is 5.97 Å². The maximum atomic E-state index is 12.8. The fourth-order valence-electron chi connectivity index (χ4n) is 7.49. The number of hydrogen-bond acceptors (Lipinski definition) is 4. The van der Waals surface area contributed by atoms with Crippen molar-refractivity contribution < 1.29 is 9.53 Å². The molecule has 162 valence electrons. The monoisotopic (exact) mass is 400 g/mol. The van der Waals surface area contributed by atoms with Crippen LogP contribution in [0.15, 0.2) is 12.2 Å². The minimum Gasteiger partial charge on any atom is -0.462 e. The molecule has 0 aromatic carbocycles. The van der Waals surface area contributed by atoms with Crippen molar-refractivity contribution in [2.75, 3.05) is 32.7 Å². The van der Waals surface area contributed by atoms with Crippen LogP contribution in [-0.4, -0.2) is 60.6 Å². The molecule has 0 spiro atoms. The van der Waals surface area contributed by atoms with Crippen LogP contribution in [0.4, 0.5) is 0 Å². The van der Waals surface area contributed by atoms with Gasteiger partial charge in [0, 0.05) is 18.5 Å². The summed E-state index contributed by atoms with van der Waals surface area (Å²) in [6.45, 7) is 12.7. The molecule has 3 heterocycles. The lowest BCUT2D eigenvalue weighted by atomic mass is 9.55. The van der Waals surface area contributed by atoms with E-state index in [9.17, 15) is 4.79 Å². The number of carbonyl (C=O) groups is 1. The Bertz CT molecular complexity index is 635. The second-order valence-corrected chi connectivity index (χ2v) is 11.0. The first kappa shape index (κ1) is 20.1. The molecule has 5 fully saturated rings. The summed E-state index contributed by atoms with van der Waals surface area (Å²) in [7, 11) is 0. The van der Waals surface area contributed by atoms with Gasteiger partial charge >= 0.3 is 5.97 Å². The van der Waals surface area contributed by atoms with Crippen molar-refractivity contribution in [1.82, 2.24) is 9.80 Å². The van der Waals surface area contributed by atoms with Crippen molar-refractivity contribution in [2.45, 2.75) is 83.3 Å². The summed E-state index contributed by atoms with van der Waals surface area (Å²) in [6, 6.07) is 0.774. The zero-order valence-corrected chi connectivity index (χ0v) is 18.4. The summed E-state index contributed by atoms with van der Waals surface area (Å²) in [4.78, 5) is 18.1.